The topological polar surface area (TPSA) is 59.8 Å². The minimum atomic E-state index is -4.63. The number of para-hydroxylation sites is 1. The highest BCUT2D eigenvalue weighted by molar-refractivity contribution is 7.99. The van der Waals surface area contributed by atoms with Crippen LogP contribution in [0.5, 0.6) is 0 Å². The molecule has 1 saturated carbocycles. The first kappa shape index (κ1) is 20.7. The molecule has 0 atom stereocenters. The Morgan fingerprint density at radius 1 is 1.17 bits per heavy atom. The van der Waals surface area contributed by atoms with Crippen molar-refractivity contribution in [3.63, 3.8) is 0 Å². The van der Waals surface area contributed by atoms with Crippen LogP contribution < -0.4 is 5.32 Å². The molecule has 0 saturated heterocycles. The maximum Gasteiger partial charge on any atom is 0.418 e. The van der Waals surface area contributed by atoms with Gasteiger partial charge in [0.1, 0.15) is 5.82 Å². The summed E-state index contributed by atoms with van der Waals surface area (Å²) < 4.78 is 41.6. The van der Waals surface area contributed by atoms with Crippen molar-refractivity contribution in [1.82, 2.24) is 14.8 Å². The van der Waals surface area contributed by atoms with Crippen molar-refractivity contribution in [3.8, 4) is 5.69 Å². The zero-order valence-corrected chi connectivity index (χ0v) is 17.1. The summed E-state index contributed by atoms with van der Waals surface area (Å²) >= 11 is 6.80. The molecule has 1 heterocycles. The van der Waals surface area contributed by atoms with Crippen LogP contribution in [0.25, 0.3) is 5.69 Å². The highest BCUT2D eigenvalue weighted by atomic mass is 35.5. The molecule has 3 aromatic rings. The summed E-state index contributed by atoms with van der Waals surface area (Å²) in [6.45, 7) is 0. The average molecular weight is 453 g/mol. The van der Waals surface area contributed by atoms with Gasteiger partial charge in [-0.2, -0.15) is 13.2 Å². The predicted octanol–water partition coefficient (Wildman–Crippen LogP) is 5.55. The van der Waals surface area contributed by atoms with Crippen LogP contribution >= 0.6 is 23.4 Å². The van der Waals surface area contributed by atoms with Gasteiger partial charge in [0.15, 0.2) is 5.16 Å². The van der Waals surface area contributed by atoms with Crippen LogP contribution in [0.4, 0.5) is 18.9 Å². The molecule has 0 unspecified atom stereocenters. The molecule has 1 amide bonds. The number of rotatable bonds is 6. The fourth-order valence-electron chi connectivity index (χ4n) is 2.98. The van der Waals surface area contributed by atoms with Gasteiger partial charge in [0, 0.05) is 16.6 Å². The molecule has 4 rings (SSSR count). The Hall–Kier alpha value is -2.52. The van der Waals surface area contributed by atoms with Gasteiger partial charge in [0.25, 0.3) is 0 Å². The molecule has 5 nitrogen and oxygen atoms in total. The van der Waals surface area contributed by atoms with E-state index in [2.05, 4.69) is 15.5 Å². The lowest BCUT2D eigenvalue weighted by Gasteiger charge is -2.14. The van der Waals surface area contributed by atoms with Crippen LogP contribution in [0, 0.1) is 0 Å². The van der Waals surface area contributed by atoms with Crippen LogP contribution in [-0.4, -0.2) is 26.4 Å². The molecule has 1 aromatic heterocycles. The largest absolute Gasteiger partial charge is 0.418 e. The maximum absolute atomic E-state index is 13.2. The smallest absolute Gasteiger partial charge is 0.325 e. The lowest BCUT2D eigenvalue weighted by molar-refractivity contribution is -0.137. The molecule has 1 aliphatic rings. The van der Waals surface area contributed by atoms with E-state index < -0.39 is 17.6 Å². The molecule has 0 aliphatic heterocycles. The zero-order chi connectivity index (χ0) is 21.3. The van der Waals surface area contributed by atoms with Gasteiger partial charge in [-0.25, -0.2) is 0 Å². The van der Waals surface area contributed by atoms with Crippen LogP contribution in [0.2, 0.25) is 5.02 Å². The number of nitrogens with zero attached hydrogens (tertiary/aromatic N) is 3. The Morgan fingerprint density at radius 2 is 1.90 bits per heavy atom. The summed E-state index contributed by atoms with van der Waals surface area (Å²) in [6, 6.07) is 12.8. The number of hydrogen-bond acceptors (Lipinski definition) is 4. The molecule has 0 spiro atoms. The van der Waals surface area contributed by atoms with E-state index in [1.165, 1.54) is 6.07 Å². The number of aromatic nitrogens is 3. The van der Waals surface area contributed by atoms with Gasteiger partial charge in [-0.15, -0.1) is 10.2 Å². The van der Waals surface area contributed by atoms with Gasteiger partial charge in [0.2, 0.25) is 5.91 Å². The lowest BCUT2D eigenvalue weighted by atomic mass is 10.1. The van der Waals surface area contributed by atoms with Gasteiger partial charge in [0.05, 0.1) is 17.0 Å². The molecule has 0 bridgehead atoms. The van der Waals surface area contributed by atoms with Crippen LogP contribution in [0.15, 0.2) is 53.7 Å². The van der Waals surface area contributed by atoms with E-state index in [9.17, 15) is 18.0 Å². The summed E-state index contributed by atoms with van der Waals surface area (Å²) in [6.07, 6.45) is -2.56. The monoisotopic (exact) mass is 452 g/mol. The minimum absolute atomic E-state index is 0.0572. The van der Waals surface area contributed by atoms with Crippen LogP contribution in [0.1, 0.15) is 30.1 Å². The highest BCUT2D eigenvalue weighted by Gasteiger charge is 2.34. The second-order valence-electron chi connectivity index (χ2n) is 6.81. The molecule has 1 fully saturated rings. The van der Waals surface area contributed by atoms with Gasteiger partial charge in [-0.05, 0) is 43.2 Å². The van der Waals surface area contributed by atoms with Crippen molar-refractivity contribution in [2.75, 3.05) is 11.1 Å². The average Bonchev–Trinajstić information content (AvgIpc) is 3.47. The Labute approximate surface area is 179 Å². The highest BCUT2D eigenvalue weighted by Crippen LogP contribution is 2.41. The third-order valence-electron chi connectivity index (χ3n) is 4.51. The van der Waals surface area contributed by atoms with E-state index in [0.717, 1.165) is 48.2 Å². The van der Waals surface area contributed by atoms with E-state index >= 15 is 0 Å². The third kappa shape index (κ3) is 4.62. The Balaban J connectivity index is 1.51. The first-order valence-electron chi connectivity index (χ1n) is 9.13. The standard InChI is InChI=1S/C20H16ClF3N4OS/c21-13-8-9-16(15(10-13)20(22,23)24)25-17(29)11-30-19-27-26-18(12-6-7-12)28(19)14-4-2-1-3-5-14/h1-5,8-10,12H,6-7,11H2,(H,25,29). The number of amides is 1. The molecular weight excluding hydrogens is 437 g/mol. The van der Waals surface area contributed by atoms with Gasteiger partial charge in [-0.3, -0.25) is 9.36 Å². The van der Waals surface area contributed by atoms with Crippen LogP contribution in [-0.2, 0) is 11.0 Å². The zero-order valence-electron chi connectivity index (χ0n) is 15.5. The molecule has 2 aromatic carbocycles. The molecule has 156 valence electrons. The van der Waals surface area contributed by atoms with E-state index in [-0.39, 0.29) is 16.5 Å². The number of alkyl halides is 3. The molecule has 0 radical (unpaired) electrons. The minimum Gasteiger partial charge on any atom is -0.325 e. The van der Waals surface area contributed by atoms with E-state index in [1.807, 2.05) is 34.9 Å². The van der Waals surface area contributed by atoms with Gasteiger partial charge < -0.3 is 5.32 Å². The molecular formula is C20H16ClF3N4OS. The summed E-state index contributed by atoms with van der Waals surface area (Å²) in [5.74, 6) is 0.476. The number of carbonyl (C=O) groups excluding carboxylic acids is 1. The first-order valence-corrected chi connectivity index (χ1v) is 10.5. The predicted molar refractivity (Wildman–Crippen MR) is 109 cm³/mol. The van der Waals surface area contributed by atoms with Crippen molar-refractivity contribution >= 4 is 35.0 Å². The fraction of sp³-hybridized carbons (Fsp3) is 0.250. The SMILES string of the molecule is O=C(CSc1nnc(C2CC2)n1-c1ccccc1)Nc1ccc(Cl)cc1C(F)(F)F. The molecule has 10 heteroatoms. The normalized spacial score (nSPS) is 14.0. The van der Waals surface area contributed by atoms with Crippen molar-refractivity contribution in [2.45, 2.75) is 30.1 Å². The number of thioether (sulfide) groups is 1. The summed E-state index contributed by atoms with van der Waals surface area (Å²) in [5, 5.41) is 11.3. The summed E-state index contributed by atoms with van der Waals surface area (Å²) in [4.78, 5) is 12.4. The number of anilines is 1. The van der Waals surface area contributed by atoms with Crippen molar-refractivity contribution in [1.29, 1.82) is 0 Å². The molecule has 1 aliphatic carbocycles. The van der Waals surface area contributed by atoms with E-state index in [0.29, 0.717) is 11.1 Å². The van der Waals surface area contributed by atoms with Crippen molar-refractivity contribution < 1.29 is 18.0 Å². The van der Waals surface area contributed by atoms with Gasteiger partial charge in [-0.1, -0.05) is 41.6 Å². The second-order valence-corrected chi connectivity index (χ2v) is 8.19. The number of hydrogen-bond donors (Lipinski definition) is 1. The second kappa shape index (κ2) is 8.31. The number of halogens is 4. The maximum atomic E-state index is 13.2. The van der Waals surface area contributed by atoms with Crippen molar-refractivity contribution in [3.05, 3.63) is 64.9 Å². The number of benzene rings is 2. The lowest BCUT2D eigenvalue weighted by Crippen LogP contribution is -2.18. The fourth-order valence-corrected chi connectivity index (χ4v) is 3.91. The molecule has 1 N–H and O–H groups in total. The van der Waals surface area contributed by atoms with Crippen molar-refractivity contribution in [2.24, 2.45) is 0 Å². The third-order valence-corrected chi connectivity index (χ3v) is 5.67. The van der Waals surface area contributed by atoms with Crippen LogP contribution in [0.3, 0.4) is 0 Å². The number of carbonyl (C=O) groups is 1. The Bertz CT molecular complexity index is 1070. The van der Waals surface area contributed by atoms with Gasteiger partial charge >= 0.3 is 6.18 Å². The quantitative estimate of drug-likeness (QED) is 0.498. The summed E-state index contributed by atoms with van der Waals surface area (Å²) in [7, 11) is 0. The molecule has 30 heavy (non-hydrogen) atoms. The Kier molecular flexibility index (Phi) is 5.75. The van der Waals surface area contributed by atoms with E-state index in [1.54, 1.807) is 0 Å². The first-order chi connectivity index (χ1) is 14.3. The number of nitrogens with one attached hydrogen (secondary N) is 1. The van der Waals surface area contributed by atoms with E-state index in [4.69, 9.17) is 11.6 Å². The Morgan fingerprint density at radius 3 is 2.57 bits per heavy atom. The summed E-state index contributed by atoms with van der Waals surface area (Å²) in [5.41, 5.74) is -0.443.